The molecule has 0 fully saturated rings. The van der Waals surface area contributed by atoms with Crippen LogP contribution in [-0.2, 0) is 16.1 Å². The molecule has 0 radical (unpaired) electrons. The molecule has 1 heterocycles. The fourth-order valence-electron chi connectivity index (χ4n) is 2.40. The number of rotatable bonds is 7. The van der Waals surface area contributed by atoms with Gasteiger partial charge in [0.1, 0.15) is 10.7 Å². The number of esters is 1. The lowest BCUT2D eigenvalue weighted by molar-refractivity contribution is -0.123. The summed E-state index contributed by atoms with van der Waals surface area (Å²) in [5.41, 5.74) is 2.43. The van der Waals surface area contributed by atoms with Crippen LogP contribution < -0.4 is 5.32 Å². The molecule has 0 spiro atoms. The largest absolute Gasteiger partial charge is 0.449 e. The second kappa shape index (κ2) is 8.85. The molecule has 0 saturated heterocycles. The number of carbonyl (C=O) groups excluding carboxylic acids is 2. The highest BCUT2D eigenvalue weighted by Crippen LogP contribution is 2.22. The first-order valence-electron chi connectivity index (χ1n) is 8.64. The summed E-state index contributed by atoms with van der Waals surface area (Å²) >= 11 is 6.27. The Hall–Kier alpha value is -2.34. The fourth-order valence-corrected chi connectivity index (χ4v) is 2.73. The Morgan fingerprint density at radius 3 is 2.54 bits per heavy atom. The third kappa shape index (κ3) is 4.85. The van der Waals surface area contributed by atoms with E-state index in [0.29, 0.717) is 17.9 Å². The molecule has 0 aliphatic rings. The Balaban J connectivity index is 2.03. The van der Waals surface area contributed by atoms with E-state index in [4.69, 9.17) is 16.3 Å². The van der Waals surface area contributed by atoms with E-state index in [9.17, 15) is 9.59 Å². The van der Waals surface area contributed by atoms with Crippen LogP contribution in [0.4, 0.5) is 5.69 Å². The fraction of sp³-hybridized carbons (Fsp3) is 0.421. The van der Waals surface area contributed by atoms with Crippen LogP contribution in [0.1, 0.15) is 48.3 Å². The SMILES string of the molecule is CCCCn1nc(C)c(C(=O)O[C@@H](C)C(=O)Nc2ccc(C)cc2)c1Cl. The van der Waals surface area contributed by atoms with Crippen LogP contribution in [0.5, 0.6) is 0 Å². The van der Waals surface area contributed by atoms with Crippen molar-refractivity contribution in [3.8, 4) is 0 Å². The second-order valence-corrected chi connectivity index (χ2v) is 6.59. The first kappa shape index (κ1) is 20.0. The van der Waals surface area contributed by atoms with Crippen molar-refractivity contribution < 1.29 is 14.3 Å². The lowest BCUT2D eigenvalue weighted by Gasteiger charge is -2.13. The molecule has 1 aromatic heterocycles. The molecule has 0 bridgehead atoms. The zero-order valence-corrected chi connectivity index (χ0v) is 16.3. The van der Waals surface area contributed by atoms with Crippen LogP contribution >= 0.6 is 11.6 Å². The molecule has 1 amide bonds. The predicted octanol–water partition coefficient (Wildman–Crippen LogP) is 4.14. The molecule has 2 aromatic rings. The zero-order valence-electron chi connectivity index (χ0n) is 15.5. The van der Waals surface area contributed by atoms with Gasteiger partial charge in [0.2, 0.25) is 0 Å². The molecule has 140 valence electrons. The molecule has 0 unspecified atom stereocenters. The summed E-state index contributed by atoms with van der Waals surface area (Å²) in [5, 5.41) is 7.24. The molecule has 1 atom stereocenters. The van der Waals surface area contributed by atoms with E-state index < -0.39 is 18.0 Å². The standard InChI is InChI=1S/C19H24ClN3O3/c1-5-6-11-23-17(20)16(13(3)22-23)19(25)26-14(4)18(24)21-15-9-7-12(2)8-10-15/h7-10,14H,5-6,11H2,1-4H3,(H,21,24)/t14-/m0/s1. The Bertz CT molecular complexity index is 784. The molecule has 26 heavy (non-hydrogen) atoms. The van der Waals surface area contributed by atoms with Crippen molar-refractivity contribution in [3.05, 3.63) is 46.2 Å². The van der Waals surface area contributed by atoms with Gasteiger partial charge in [-0.15, -0.1) is 0 Å². The summed E-state index contributed by atoms with van der Waals surface area (Å²) in [6, 6.07) is 7.36. The highest BCUT2D eigenvalue weighted by atomic mass is 35.5. The highest BCUT2D eigenvalue weighted by Gasteiger charge is 2.25. The Morgan fingerprint density at radius 1 is 1.27 bits per heavy atom. The molecular formula is C19H24ClN3O3. The lowest BCUT2D eigenvalue weighted by Crippen LogP contribution is -2.30. The number of halogens is 1. The number of hydrogen-bond acceptors (Lipinski definition) is 4. The van der Waals surface area contributed by atoms with Crippen molar-refractivity contribution in [2.75, 3.05) is 5.32 Å². The first-order valence-corrected chi connectivity index (χ1v) is 9.02. The third-order valence-electron chi connectivity index (χ3n) is 3.97. The molecule has 0 aliphatic heterocycles. The van der Waals surface area contributed by atoms with Crippen molar-refractivity contribution >= 4 is 29.2 Å². The molecule has 0 saturated carbocycles. The Kier molecular flexibility index (Phi) is 6.80. The van der Waals surface area contributed by atoms with Gasteiger partial charge in [-0.2, -0.15) is 5.10 Å². The number of ether oxygens (including phenoxy) is 1. The third-order valence-corrected chi connectivity index (χ3v) is 4.35. The van der Waals surface area contributed by atoms with Crippen LogP contribution in [0.3, 0.4) is 0 Å². The topological polar surface area (TPSA) is 73.2 Å². The first-order chi connectivity index (χ1) is 12.3. The molecule has 2 rings (SSSR count). The van der Waals surface area contributed by atoms with Gasteiger partial charge in [-0.05, 0) is 39.3 Å². The van der Waals surface area contributed by atoms with Gasteiger partial charge < -0.3 is 10.1 Å². The highest BCUT2D eigenvalue weighted by molar-refractivity contribution is 6.32. The quantitative estimate of drug-likeness (QED) is 0.736. The molecule has 7 heteroatoms. The van der Waals surface area contributed by atoms with Gasteiger partial charge in [-0.1, -0.05) is 42.6 Å². The summed E-state index contributed by atoms with van der Waals surface area (Å²) in [7, 11) is 0. The van der Waals surface area contributed by atoms with Crippen LogP contribution in [0, 0.1) is 13.8 Å². The number of amides is 1. The van der Waals surface area contributed by atoms with Crippen molar-refractivity contribution in [1.29, 1.82) is 0 Å². The summed E-state index contributed by atoms with van der Waals surface area (Å²) < 4.78 is 6.88. The maximum atomic E-state index is 12.4. The van der Waals surface area contributed by atoms with Crippen LogP contribution in [0.2, 0.25) is 5.15 Å². The van der Waals surface area contributed by atoms with Crippen LogP contribution in [0.15, 0.2) is 24.3 Å². The number of carbonyl (C=O) groups is 2. The van der Waals surface area contributed by atoms with Crippen LogP contribution in [-0.4, -0.2) is 27.8 Å². The maximum absolute atomic E-state index is 12.4. The molecular weight excluding hydrogens is 354 g/mol. The minimum Gasteiger partial charge on any atom is -0.449 e. The summed E-state index contributed by atoms with van der Waals surface area (Å²) in [6.07, 6.45) is 0.939. The number of anilines is 1. The molecule has 0 aliphatic carbocycles. The van der Waals surface area contributed by atoms with Crippen molar-refractivity contribution in [3.63, 3.8) is 0 Å². The van der Waals surface area contributed by atoms with E-state index in [0.717, 1.165) is 18.4 Å². The number of hydrogen-bond donors (Lipinski definition) is 1. The number of aryl methyl sites for hydroxylation is 3. The number of nitrogens with one attached hydrogen (secondary N) is 1. The molecule has 6 nitrogen and oxygen atoms in total. The van der Waals surface area contributed by atoms with Crippen molar-refractivity contribution in [2.24, 2.45) is 0 Å². The van der Waals surface area contributed by atoms with Gasteiger partial charge in [0.05, 0.1) is 5.69 Å². The predicted molar refractivity (Wildman–Crippen MR) is 102 cm³/mol. The van der Waals surface area contributed by atoms with E-state index in [1.54, 1.807) is 23.7 Å². The molecule has 1 aromatic carbocycles. The van der Waals surface area contributed by atoms with Crippen molar-refractivity contribution in [1.82, 2.24) is 9.78 Å². The Morgan fingerprint density at radius 2 is 1.92 bits per heavy atom. The average Bonchev–Trinajstić information content (AvgIpc) is 2.88. The Labute approximate surface area is 158 Å². The maximum Gasteiger partial charge on any atom is 0.343 e. The number of aromatic nitrogens is 2. The van der Waals surface area contributed by atoms with Gasteiger partial charge in [-0.3, -0.25) is 9.48 Å². The zero-order chi connectivity index (χ0) is 19.3. The minimum atomic E-state index is -0.960. The molecule has 1 N–H and O–H groups in total. The summed E-state index contributed by atoms with van der Waals surface area (Å²) in [6.45, 7) is 7.87. The number of nitrogens with zero attached hydrogens (tertiary/aromatic N) is 2. The minimum absolute atomic E-state index is 0.206. The second-order valence-electron chi connectivity index (χ2n) is 6.23. The smallest absolute Gasteiger partial charge is 0.343 e. The summed E-state index contributed by atoms with van der Waals surface area (Å²) in [4.78, 5) is 24.7. The monoisotopic (exact) mass is 377 g/mol. The summed E-state index contributed by atoms with van der Waals surface area (Å²) in [5.74, 6) is -1.06. The van der Waals surface area contributed by atoms with E-state index in [2.05, 4.69) is 17.3 Å². The number of benzene rings is 1. The average molecular weight is 378 g/mol. The van der Waals surface area contributed by atoms with E-state index in [1.165, 1.54) is 6.92 Å². The van der Waals surface area contributed by atoms with Gasteiger partial charge >= 0.3 is 5.97 Å². The van der Waals surface area contributed by atoms with Gasteiger partial charge in [0.25, 0.3) is 5.91 Å². The van der Waals surface area contributed by atoms with E-state index >= 15 is 0 Å². The van der Waals surface area contributed by atoms with E-state index in [-0.39, 0.29) is 10.7 Å². The van der Waals surface area contributed by atoms with Gasteiger partial charge in [-0.25, -0.2) is 4.79 Å². The van der Waals surface area contributed by atoms with Crippen molar-refractivity contribution in [2.45, 2.75) is 53.2 Å². The number of unbranched alkanes of at least 4 members (excludes halogenated alkanes) is 1. The lowest BCUT2D eigenvalue weighted by atomic mass is 10.2. The van der Waals surface area contributed by atoms with Gasteiger partial charge in [0.15, 0.2) is 6.10 Å². The van der Waals surface area contributed by atoms with Gasteiger partial charge in [0, 0.05) is 12.2 Å². The van der Waals surface area contributed by atoms with Crippen LogP contribution in [0.25, 0.3) is 0 Å². The normalized spacial score (nSPS) is 11.9. The van der Waals surface area contributed by atoms with E-state index in [1.807, 2.05) is 19.1 Å².